The fraction of sp³-hybridized carbons (Fsp3) is 0.667. The second-order valence-electron chi connectivity index (χ2n) is 4.78. The van der Waals surface area contributed by atoms with E-state index in [2.05, 4.69) is 41.3 Å². The average Bonchev–Trinajstić information content (AvgIpc) is 3.02. The number of unbranched alkanes of at least 4 members (excludes halogenated alkanes) is 1. The van der Waals surface area contributed by atoms with E-state index in [-0.39, 0.29) is 0 Å². The first kappa shape index (κ1) is 14.1. The minimum absolute atomic E-state index is 0.378. The van der Waals surface area contributed by atoms with Gasteiger partial charge in [0.2, 0.25) is 5.13 Å². The number of hydrogen-bond donors (Lipinski definition) is 1. The second kappa shape index (κ2) is 6.21. The van der Waals surface area contributed by atoms with E-state index in [1.54, 1.807) is 16.0 Å². The zero-order chi connectivity index (χ0) is 13.8. The fourth-order valence-corrected chi connectivity index (χ4v) is 2.60. The summed E-state index contributed by atoms with van der Waals surface area (Å²) in [6.45, 7) is 6.79. The number of hydrogen-bond acceptors (Lipinski definition) is 6. The summed E-state index contributed by atoms with van der Waals surface area (Å²) in [5, 5.41) is 18.5. The Bertz CT molecular complexity index is 530. The van der Waals surface area contributed by atoms with Crippen LogP contribution in [0.25, 0.3) is 5.13 Å². The minimum Gasteiger partial charge on any atom is -0.325 e. The molecular formula is C12H20N6S. The van der Waals surface area contributed by atoms with Crippen molar-refractivity contribution in [2.75, 3.05) is 0 Å². The summed E-state index contributed by atoms with van der Waals surface area (Å²) in [5.74, 6) is 0.378. The van der Waals surface area contributed by atoms with Gasteiger partial charge in [0.25, 0.3) is 0 Å². The number of nitrogens with two attached hydrogens (primary N) is 1. The van der Waals surface area contributed by atoms with Gasteiger partial charge < -0.3 is 5.73 Å². The maximum absolute atomic E-state index is 5.72. The van der Waals surface area contributed by atoms with Gasteiger partial charge in [0.1, 0.15) is 5.01 Å². The highest BCUT2D eigenvalue weighted by molar-refractivity contribution is 7.13. The smallest absolute Gasteiger partial charge is 0.234 e. The highest BCUT2D eigenvalue weighted by atomic mass is 32.1. The Morgan fingerprint density at radius 1 is 1.26 bits per heavy atom. The van der Waals surface area contributed by atoms with Gasteiger partial charge in [-0.2, -0.15) is 4.68 Å². The standard InChI is InChI=1S/C12H20N6S/c1-4-5-6-10-9(7-13)14-17-18(10)12-16-15-11(19-12)8(2)3/h8H,4-7,13H2,1-3H3. The lowest BCUT2D eigenvalue weighted by molar-refractivity contribution is 0.704. The van der Waals surface area contributed by atoms with Crippen molar-refractivity contribution in [2.45, 2.75) is 52.5 Å². The molecule has 19 heavy (non-hydrogen) atoms. The summed E-state index contributed by atoms with van der Waals surface area (Å²) >= 11 is 1.56. The summed E-state index contributed by atoms with van der Waals surface area (Å²) in [6, 6.07) is 0. The normalized spacial score (nSPS) is 11.4. The van der Waals surface area contributed by atoms with Crippen molar-refractivity contribution >= 4 is 11.3 Å². The molecule has 0 unspecified atom stereocenters. The lowest BCUT2D eigenvalue weighted by Gasteiger charge is -2.03. The van der Waals surface area contributed by atoms with E-state index >= 15 is 0 Å². The highest BCUT2D eigenvalue weighted by Crippen LogP contribution is 2.23. The number of nitrogens with zero attached hydrogens (tertiary/aromatic N) is 5. The molecule has 0 saturated heterocycles. The highest BCUT2D eigenvalue weighted by Gasteiger charge is 2.17. The summed E-state index contributed by atoms with van der Waals surface area (Å²) < 4.78 is 1.79. The molecule has 7 heteroatoms. The van der Waals surface area contributed by atoms with Crippen molar-refractivity contribution in [3.05, 3.63) is 16.4 Å². The van der Waals surface area contributed by atoms with E-state index in [1.165, 1.54) is 0 Å². The third kappa shape index (κ3) is 2.98. The van der Waals surface area contributed by atoms with Gasteiger partial charge in [-0.1, -0.05) is 43.7 Å². The summed E-state index contributed by atoms with van der Waals surface area (Å²) in [4.78, 5) is 0. The molecule has 0 fully saturated rings. The van der Waals surface area contributed by atoms with Crippen LogP contribution in [0.15, 0.2) is 0 Å². The van der Waals surface area contributed by atoms with E-state index in [1.807, 2.05) is 0 Å². The molecule has 0 aliphatic rings. The van der Waals surface area contributed by atoms with Gasteiger partial charge in [0.05, 0.1) is 11.4 Å². The van der Waals surface area contributed by atoms with Crippen molar-refractivity contribution in [1.29, 1.82) is 0 Å². The van der Waals surface area contributed by atoms with E-state index in [9.17, 15) is 0 Å². The largest absolute Gasteiger partial charge is 0.325 e. The Hall–Kier alpha value is -1.34. The van der Waals surface area contributed by atoms with Crippen molar-refractivity contribution in [3.63, 3.8) is 0 Å². The number of rotatable bonds is 6. The predicted octanol–water partition coefficient (Wildman–Crippen LogP) is 2.04. The molecule has 2 aromatic heterocycles. The summed E-state index contributed by atoms with van der Waals surface area (Å²) in [6.07, 6.45) is 3.14. The molecule has 0 amide bonds. The van der Waals surface area contributed by atoms with Gasteiger partial charge in [0.15, 0.2) is 0 Å². The van der Waals surface area contributed by atoms with E-state index in [0.29, 0.717) is 12.5 Å². The van der Waals surface area contributed by atoms with Gasteiger partial charge in [-0.25, -0.2) is 0 Å². The Labute approximate surface area is 117 Å². The first-order valence-corrected chi connectivity index (χ1v) is 7.46. The van der Waals surface area contributed by atoms with Crippen molar-refractivity contribution in [2.24, 2.45) is 5.73 Å². The molecular weight excluding hydrogens is 260 g/mol. The monoisotopic (exact) mass is 280 g/mol. The zero-order valence-corrected chi connectivity index (χ0v) is 12.4. The number of aromatic nitrogens is 5. The molecule has 0 aliphatic carbocycles. The van der Waals surface area contributed by atoms with Crippen LogP contribution in [0.3, 0.4) is 0 Å². The SMILES string of the molecule is CCCCc1c(CN)nnn1-c1nnc(C(C)C)s1. The van der Waals surface area contributed by atoms with Crippen LogP contribution in [0.2, 0.25) is 0 Å². The quantitative estimate of drug-likeness (QED) is 0.875. The van der Waals surface area contributed by atoms with Crippen LogP contribution < -0.4 is 5.73 Å². The van der Waals surface area contributed by atoms with Gasteiger partial charge in [0, 0.05) is 12.5 Å². The van der Waals surface area contributed by atoms with Gasteiger partial charge in [-0.05, 0) is 12.8 Å². The lowest BCUT2D eigenvalue weighted by Crippen LogP contribution is -2.06. The van der Waals surface area contributed by atoms with Crippen LogP contribution in [0, 0.1) is 0 Å². The Kier molecular flexibility index (Phi) is 4.60. The molecule has 0 aliphatic heterocycles. The Balaban J connectivity index is 2.34. The fourth-order valence-electron chi connectivity index (χ4n) is 1.78. The van der Waals surface area contributed by atoms with Crippen LogP contribution in [0.1, 0.15) is 55.9 Å². The molecule has 0 spiro atoms. The molecule has 0 saturated carbocycles. The second-order valence-corrected chi connectivity index (χ2v) is 5.77. The maximum atomic E-state index is 5.72. The van der Waals surface area contributed by atoms with Crippen LogP contribution in [0.4, 0.5) is 0 Å². The molecule has 0 aromatic carbocycles. The van der Waals surface area contributed by atoms with Crippen molar-refractivity contribution < 1.29 is 0 Å². The van der Waals surface area contributed by atoms with E-state index in [0.717, 1.165) is 40.8 Å². The Morgan fingerprint density at radius 3 is 2.63 bits per heavy atom. The predicted molar refractivity (Wildman–Crippen MR) is 75.4 cm³/mol. The van der Waals surface area contributed by atoms with Crippen LogP contribution in [-0.4, -0.2) is 25.2 Å². The third-order valence-corrected chi connectivity index (χ3v) is 4.11. The van der Waals surface area contributed by atoms with Crippen LogP contribution >= 0.6 is 11.3 Å². The molecule has 0 bridgehead atoms. The first-order chi connectivity index (χ1) is 9.17. The van der Waals surface area contributed by atoms with Gasteiger partial charge >= 0.3 is 0 Å². The van der Waals surface area contributed by atoms with Gasteiger partial charge in [-0.3, -0.25) is 0 Å². The van der Waals surface area contributed by atoms with Crippen LogP contribution in [-0.2, 0) is 13.0 Å². The molecule has 0 radical (unpaired) electrons. The molecule has 2 heterocycles. The summed E-state index contributed by atoms with van der Waals surface area (Å²) in [5.41, 5.74) is 7.64. The molecule has 0 atom stereocenters. The topological polar surface area (TPSA) is 82.5 Å². The van der Waals surface area contributed by atoms with Gasteiger partial charge in [-0.15, -0.1) is 15.3 Å². The molecule has 6 nitrogen and oxygen atoms in total. The molecule has 2 N–H and O–H groups in total. The van der Waals surface area contributed by atoms with Crippen LogP contribution in [0.5, 0.6) is 0 Å². The Morgan fingerprint density at radius 2 is 2.05 bits per heavy atom. The summed E-state index contributed by atoms with van der Waals surface area (Å²) in [7, 11) is 0. The van der Waals surface area contributed by atoms with E-state index < -0.39 is 0 Å². The molecule has 104 valence electrons. The first-order valence-electron chi connectivity index (χ1n) is 6.64. The molecule has 2 rings (SSSR count). The third-order valence-electron chi connectivity index (χ3n) is 2.91. The van der Waals surface area contributed by atoms with Crippen molar-refractivity contribution in [1.82, 2.24) is 25.2 Å². The molecule has 2 aromatic rings. The van der Waals surface area contributed by atoms with E-state index in [4.69, 9.17) is 5.73 Å². The lowest BCUT2D eigenvalue weighted by atomic mass is 10.1. The average molecular weight is 280 g/mol. The zero-order valence-electron chi connectivity index (χ0n) is 11.6. The minimum atomic E-state index is 0.378. The maximum Gasteiger partial charge on any atom is 0.234 e. The van der Waals surface area contributed by atoms with Crippen molar-refractivity contribution in [3.8, 4) is 5.13 Å².